The first-order chi connectivity index (χ1) is 11.9. The summed E-state index contributed by atoms with van der Waals surface area (Å²) in [7, 11) is 0. The number of carbonyl (C=O) groups is 1. The lowest BCUT2D eigenvalue weighted by Gasteiger charge is -2.22. The first kappa shape index (κ1) is 24.4. The first-order valence-corrected chi connectivity index (χ1v) is 10.7. The average molecular weight is 357 g/mol. The van der Waals surface area contributed by atoms with E-state index in [-0.39, 0.29) is 18.0 Å². The fourth-order valence-electron chi connectivity index (χ4n) is 3.04. The molecule has 0 saturated heterocycles. The van der Waals surface area contributed by atoms with E-state index in [0.717, 1.165) is 12.8 Å². The molecule has 0 aromatic rings. The van der Waals surface area contributed by atoms with Crippen LogP contribution in [0.5, 0.6) is 0 Å². The van der Waals surface area contributed by atoms with E-state index < -0.39 is 0 Å². The molecule has 0 aromatic heterocycles. The van der Waals surface area contributed by atoms with Crippen LogP contribution in [0.3, 0.4) is 0 Å². The van der Waals surface area contributed by atoms with Crippen molar-refractivity contribution in [1.82, 2.24) is 0 Å². The summed E-state index contributed by atoms with van der Waals surface area (Å²) in [5.41, 5.74) is -0.342. The van der Waals surface area contributed by atoms with Crippen LogP contribution in [0, 0.1) is 11.3 Å². The predicted octanol–water partition coefficient (Wildman–Crippen LogP) is 6.28. The van der Waals surface area contributed by atoms with E-state index in [4.69, 9.17) is 4.74 Å². The molecule has 3 heteroatoms. The van der Waals surface area contributed by atoms with Gasteiger partial charge in [-0.1, -0.05) is 91.9 Å². The van der Waals surface area contributed by atoms with Gasteiger partial charge in [0.25, 0.3) is 0 Å². The molecule has 150 valence electrons. The number of hydrogen-bond acceptors (Lipinski definition) is 3. The summed E-state index contributed by atoms with van der Waals surface area (Å²) in [4.78, 5) is 12.2. The van der Waals surface area contributed by atoms with Gasteiger partial charge in [0, 0.05) is 11.8 Å². The summed E-state index contributed by atoms with van der Waals surface area (Å²) in [6.45, 7) is 8.65. The second-order valence-electron chi connectivity index (χ2n) is 8.46. The van der Waals surface area contributed by atoms with Gasteiger partial charge in [0.2, 0.25) is 0 Å². The second-order valence-corrected chi connectivity index (χ2v) is 8.46. The van der Waals surface area contributed by atoms with Crippen LogP contribution in [0.25, 0.3) is 0 Å². The molecule has 0 aliphatic rings. The number of aliphatic hydroxyl groups excluding tert-OH is 1. The van der Waals surface area contributed by atoms with Crippen molar-refractivity contribution in [3.8, 4) is 0 Å². The van der Waals surface area contributed by atoms with Crippen molar-refractivity contribution >= 4 is 5.97 Å². The quantitative estimate of drug-likeness (QED) is 0.246. The van der Waals surface area contributed by atoms with Gasteiger partial charge in [-0.3, -0.25) is 4.79 Å². The maximum absolute atomic E-state index is 12.2. The third-order valence-electron chi connectivity index (χ3n) is 4.94. The zero-order valence-electron chi connectivity index (χ0n) is 17.4. The van der Waals surface area contributed by atoms with Gasteiger partial charge in [0.05, 0.1) is 13.2 Å². The highest BCUT2D eigenvalue weighted by molar-refractivity contribution is 5.69. The van der Waals surface area contributed by atoms with Gasteiger partial charge >= 0.3 is 5.97 Å². The number of ether oxygens (including phenoxy) is 1. The number of carbonyl (C=O) groups excluding carboxylic acids is 1. The summed E-state index contributed by atoms with van der Waals surface area (Å²) < 4.78 is 5.42. The maximum atomic E-state index is 12.2. The molecule has 0 spiro atoms. The Morgan fingerprint density at radius 1 is 0.880 bits per heavy atom. The van der Waals surface area contributed by atoms with E-state index in [1.807, 2.05) is 13.8 Å². The molecule has 0 amide bonds. The largest absolute Gasteiger partial charge is 0.465 e. The van der Waals surface area contributed by atoms with Gasteiger partial charge in [-0.25, -0.2) is 0 Å². The number of hydrogen-bond donors (Lipinski definition) is 1. The third kappa shape index (κ3) is 15.4. The fraction of sp³-hybridized carbons (Fsp3) is 0.955. The fourth-order valence-corrected chi connectivity index (χ4v) is 3.04. The monoisotopic (exact) mass is 356 g/mol. The molecular weight excluding hydrogens is 312 g/mol. The van der Waals surface area contributed by atoms with Crippen molar-refractivity contribution < 1.29 is 14.6 Å². The Hall–Kier alpha value is -0.570. The Morgan fingerprint density at radius 2 is 1.36 bits per heavy atom. The molecule has 0 bridgehead atoms. The van der Waals surface area contributed by atoms with Gasteiger partial charge < -0.3 is 9.84 Å². The molecule has 3 nitrogen and oxygen atoms in total. The Balaban J connectivity index is 4.15. The lowest BCUT2D eigenvalue weighted by atomic mass is 9.91. The Labute approximate surface area is 156 Å². The third-order valence-corrected chi connectivity index (χ3v) is 4.94. The van der Waals surface area contributed by atoms with Crippen molar-refractivity contribution in [3.05, 3.63) is 0 Å². The molecule has 0 aromatic carbocycles. The van der Waals surface area contributed by atoms with Crippen LogP contribution in [0.1, 0.15) is 111 Å². The van der Waals surface area contributed by atoms with Gasteiger partial charge in [-0.2, -0.15) is 0 Å². The maximum Gasteiger partial charge on any atom is 0.306 e. The Bertz CT molecular complexity index is 312. The minimum absolute atomic E-state index is 0.0402. The van der Waals surface area contributed by atoms with Crippen molar-refractivity contribution in [2.75, 3.05) is 13.2 Å². The number of rotatable bonds is 17. The first-order valence-electron chi connectivity index (χ1n) is 10.7. The van der Waals surface area contributed by atoms with E-state index in [2.05, 4.69) is 13.8 Å². The molecule has 0 heterocycles. The summed E-state index contributed by atoms with van der Waals surface area (Å²) in [6.07, 6.45) is 15.7. The van der Waals surface area contributed by atoms with E-state index in [0.29, 0.717) is 18.9 Å². The molecule has 1 N–H and O–H groups in total. The molecule has 0 radical (unpaired) electrons. The van der Waals surface area contributed by atoms with Crippen LogP contribution < -0.4 is 0 Å². The number of aliphatic hydroxyl groups is 1. The van der Waals surface area contributed by atoms with E-state index >= 15 is 0 Å². The summed E-state index contributed by atoms with van der Waals surface area (Å²) in [5.74, 6) is 0.376. The number of unbranched alkanes of at least 4 members (excludes halogenated alkanes) is 8. The second kappa shape index (κ2) is 15.7. The van der Waals surface area contributed by atoms with E-state index in [1.165, 1.54) is 64.2 Å². The lowest BCUT2D eigenvalue weighted by Crippen LogP contribution is -2.26. The van der Waals surface area contributed by atoms with Gasteiger partial charge in [0.1, 0.15) is 0 Å². The zero-order valence-corrected chi connectivity index (χ0v) is 17.4. The van der Waals surface area contributed by atoms with Crippen LogP contribution in [0.15, 0.2) is 0 Å². The standard InChI is InChI=1S/C22H44O3/c1-5-7-9-11-12-14-16-20(15-13-10-8-6-2)17-21(24)25-19-22(3,4)18-23/h20,23H,5-19H2,1-4H3. The molecule has 25 heavy (non-hydrogen) atoms. The molecule has 0 fully saturated rings. The smallest absolute Gasteiger partial charge is 0.306 e. The van der Waals surface area contributed by atoms with Crippen LogP contribution in [-0.4, -0.2) is 24.3 Å². The minimum Gasteiger partial charge on any atom is -0.465 e. The van der Waals surface area contributed by atoms with Gasteiger partial charge in [-0.15, -0.1) is 0 Å². The van der Waals surface area contributed by atoms with Gasteiger partial charge in [-0.05, 0) is 18.8 Å². The van der Waals surface area contributed by atoms with Gasteiger partial charge in [0.15, 0.2) is 0 Å². The highest BCUT2D eigenvalue weighted by Crippen LogP contribution is 2.23. The lowest BCUT2D eigenvalue weighted by molar-refractivity contribution is -0.148. The van der Waals surface area contributed by atoms with Crippen LogP contribution in [0.4, 0.5) is 0 Å². The molecule has 0 aliphatic carbocycles. The SMILES string of the molecule is CCCCCCCCC(CCCCCC)CC(=O)OCC(C)(C)CO. The predicted molar refractivity (Wildman–Crippen MR) is 107 cm³/mol. The van der Waals surface area contributed by atoms with Crippen LogP contribution >= 0.6 is 0 Å². The van der Waals surface area contributed by atoms with Crippen molar-refractivity contribution in [3.63, 3.8) is 0 Å². The zero-order chi connectivity index (χ0) is 19.0. The molecule has 0 rings (SSSR count). The van der Waals surface area contributed by atoms with Crippen LogP contribution in [0.2, 0.25) is 0 Å². The average Bonchev–Trinajstić information content (AvgIpc) is 2.59. The Morgan fingerprint density at radius 3 is 1.88 bits per heavy atom. The topological polar surface area (TPSA) is 46.5 Å². The van der Waals surface area contributed by atoms with Crippen molar-refractivity contribution in [1.29, 1.82) is 0 Å². The molecule has 0 aliphatic heterocycles. The molecular formula is C22H44O3. The summed E-state index contributed by atoms with van der Waals surface area (Å²) in [5, 5.41) is 9.27. The molecule has 0 saturated carbocycles. The summed E-state index contributed by atoms with van der Waals surface area (Å²) >= 11 is 0. The highest BCUT2D eigenvalue weighted by atomic mass is 16.5. The van der Waals surface area contributed by atoms with E-state index in [1.54, 1.807) is 0 Å². The normalized spacial score (nSPS) is 13.0. The minimum atomic E-state index is -0.342. The highest BCUT2D eigenvalue weighted by Gasteiger charge is 2.21. The van der Waals surface area contributed by atoms with E-state index in [9.17, 15) is 9.90 Å². The van der Waals surface area contributed by atoms with Crippen molar-refractivity contribution in [2.24, 2.45) is 11.3 Å². The molecule has 1 unspecified atom stereocenters. The summed E-state index contributed by atoms with van der Waals surface area (Å²) in [6, 6.07) is 0. The Kier molecular flexibility index (Phi) is 15.3. The molecule has 1 atom stereocenters. The van der Waals surface area contributed by atoms with Crippen LogP contribution in [-0.2, 0) is 9.53 Å². The van der Waals surface area contributed by atoms with Crippen molar-refractivity contribution in [2.45, 2.75) is 111 Å². The number of esters is 1.